The lowest BCUT2D eigenvalue weighted by atomic mass is 9.63. The van der Waals surface area contributed by atoms with Crippen molar-refractivity contribution >= 4 is 23.4 Å². The van der Waals surface area contributed by atoms with E-state index in [0.29, 0.717) is 55.3 Å². The van der Waals surface area contributed by atoms with E-state index in [1.807, 2.05) is 24.3 Å². The lowest BCUT2D eigenvalue weighted by Crippen LogP contribution is -2.54. The van der Waals surface area contributed by atoms with E-state index in [1.165, 1.54) is 12.0 Å². The molecule has 5 rings (SSSR count). The third kappa shape index (κ3) is 7.69. The van der Waals surface area contributed by atoms with Gasteiger partial charge in [-0.25, -0.2) is 0 Å². The molecule has 1 heterocycles. The van der Waals surface area contributed by atoms with Gasteiger partial charge in [0.25, 0.3) is 5.91 Å². The van der Waals surface area contributed by atoms with Crippen LogP contribution in [0.25, 0.3) is 0 Å². The number of anilines is 1. The van der Waals surface area contributed by atoms with Crippen molar-refractivity contribution in [3.63, 3.8) is 0 Å². The SMILES string of the molecule is C=C/C=C(\NC)C(=O)NC(C(=O)Nc1cccc(C2(C(=O)NCC3(C)CCC3)CCOC2)c1)C(C1CC1)C1C(=C)CC(CC)CC1C. The monoisotopic (exact) mass is 644 g/mol. The summed E-state index contributed by atoms with van der Waals surface area (Å²) >= 11 is 0. The highest BCUT2D eigenvalue weighted by atomic mass is 16.5. The molecule has 1 aliphatic heterocycles. The first-order valence-electron chi connectivity index (χ1n) is 17.8. The van der Waals surface area contributed by atoms with E-state index in [9.17, 15) is 14.4 Å². The fourth-order valence-electron chi connectivity index (χ4n) is 8.46. The second kappa shape index (κ2) is 14.8. The summed E-state index contributed by atoms with van der Waals surface area (Å²) in [7, 11) is 1.69. The predicted octanol–water partition coefficient (Wildman–Crippen LogP) is 6.02. The molecule has 6 unspecified atom stereocenters. The summed E-state index contributed by atoms with van der Waals surface area (Å²) in [5.74, 6) is 0.745. The van der Waals surface area contributed by atoms with Gasteiger partial charge in [0.2, 0.25) is 11.8 Å². The van der Waals surface area contributed by atoms with Crippen molar-refractivity contribution in [2.75, 3.05) is 32.1 Å². The summed E-state index contributed by atoms with van der Waals surface area (Å²) in [5.41, 5.74) is 2.32. The Morgan fingerprint density at radius 2 is 1.94 bits per heavy atom. The molecule has 1 aromatic carbocycles. The van der Waals surface area contributed by atoms with Crippen molar-refractivity contribution in [1.82, 2.24) is 16.0 Å². The number of amides is 3. The lowest BCUT2D eigenvalue weighted by Gasteiger charge is -2.43. The molecule has 0 bridgehead atoms. The summed E-state index contributed by atoms with van der Waals surface area (Å²) < 4.78 is 5.81. The Labute approximate surface area is 281 Å². The zero-order valence-corrected chi connectivity index (χ0v) is 29.0. The van der Waals surface area contributed by atoms with E-state index in [0.717, 1.165) is 50.5 Å². The van der Waals surface area contributed by atoms with Gasteiger partial charge in [-0.3, -0.25) is 14.4 Å². The molecule has 3 saturated carbocycles. The number of carbonyl (C=O) groups excluding carboxylic acids is 3. The minimum absolute atomic E-state index is 0.0191. The normalized spacial score (nSPS) is 28.4. The van der Waals surface area contributed by atoms with E-state index in [4.69, 9.17) is 4.74 Å². The first kappa shape index (κ1) is 34.9. The van der Waals surface area contributed by atoms with Crippen LogP contribution in [0.3, 0.4) is 0 Å². The number of allylic oxidation sites excluding steroid dienone is 3. The standard InChI is InChI=1S/C39H56N4O4/c1-7-11-31(40-6)35(44)43-34(33(28-14-15-28)32-25(3)20-27(8-2)21-26(32)4)36(45)42-30-13-9-12-29(22-30)39(18-19-47-24-39)37(46)41-23-38(5)16-10-17-38/h7,9,11-13,22,26-28,32-34,40H,1,3,8,10,14-21,23-24H2,2,4-6H3,(H,41,46)(H,42,45)(H,43,44)/b31-11-. The van der Waals surface area contributed by atoms with Crippen LogP contribution in [-0.2, 0) is 24.5 Å². The third-order valence-corrected chi connectivity index (χ3v) is 11.6. The molecule has 3 amide bonds. The molecule has 8 nitrogen and oxygen atoms in total. The van der Waals surface area contributed by atoms with Crippen molar-refractivity contribution in [3.05, 3.63) is 66.4 Å². The molecule has 256 valence electrons. The number of benzene rings is 1. The van der Waals surface area contributed by atoms with Gasteiger partial charge in [-0.05, 0) is 104 Å². The van der Waals surface area contributed by atoms with Crippen LogP contribution in [-0.4, -0.2) is 50.6 Å². The molecular weight excluding hydrogens is 588 g/mol. The van der Waals surface area contributed by atoms with Crippen molar-refractivity contribution in [1.29, 1.82) is 0 Å². The maximum absolute atomic E-state index is 14.4. The molecule has 4 fully saturated rings. The Morgan fingerprint density at radius 1 is 1.17 bits per heavy atom. The van der Waals surface area contributed by atoms with E-state index < -0.39 is 11.5 Å². The van der Waals surface area contributed by atoms with Crippen LogP contribution in [0.15, 0.2) is 60.8 Å². The highest BCUT2D eigenvalue weighted by Crippen LogP contribution is 2.51. The molecule has 6 atom stereocenters. The molecule has 0 radical (unpaired) electrons. The average molecular weight is 645 g/mol. The van der Waals surface area contributed by atoms with Crippen LogP contribution in [0.2, 0.25) is 0 Å². The molecule has 1 saturated heterocycles. The number of hydrogen-bond acceptors (Lipinski definition) is 5. The van der Waals surface area contributed by atoms with Crippen LogP contribution in [0, 0.1) is 35.0 Å². The topological polar surface area (TPSA) is 109 Å². The lowest BCUT2D eigenvalue weighted by molar-refractivity contribution is -0.127. The Morgan fingerprint density at radius 3 is 2.51 bits per heavy atom. The number of hydrogen-bond donors (Lipinski definition) is 4. The summed E-state index contributed by atoms with van der Waals surface area (Å²) in [6, 6.07) is 6.84. The number of ether oxygens (including phenoxy) is 1. The quantitative estimate of drug-likeness (QED) is 0.113. The van der Waals surface area contributed by atoms with Gasteiger partial charge in [0.1, 0.15) is 6.04 Å². The molecule has 0 aromatic heterocycles. The molecule has 4 aliphatic rings. The van der Waals surface area contributed by atoms with Crippen LogP contribution in [0.1, 0.15) is 84.1 Å². The smallest absolute Gasteiger partial charge is 0.268 e. The predicted molar refractivity (Wildman–Crippen MR) is 187 cm³/mol. The average Bonchev–Trinajstić information content (AvgIpc) is 3.76. The van der Waals surface area contributed by atoms with Crippen LogP contribution in [0.5, 0.6) is 0 Å². The van der Waals surface area contributed by atoms with E-state index in [1.54, 1.807) is 19.2 Å². The third-order valence-electron chi connectivity index (χ3n) is 11.6. The maximum Gasteiger partial charge on any atom is 0.268 e. The van der Waals surface area contributed by atoms with Gasteiger partial charge in [0, 0.05) is 25.9 Å². The fourth-order valence-corrected chi connectivity index (χ4v) is 8.46. The van der Waals surface area contributed by atoms with Gasteiger partial charge in [0.05, 0.1) is 17.7 Å². The molecule has 3 aliphatic carbocycles. The van der Waals surface area contributed by atoms with Gasteiger partial charge < -0.3 is 26.0 Å². The first-order chi connectivity index (χ1) is 22.5. The largest absolute Gasteiger partial charge is 0.384 e. The second-order valence-electron chi connectivity index (χ2n) is 15.1. The Kier molecular flexibility index (Phi) is 11.0. The maximum atomic E-state index is 14.4. The minimum Gasteiger partial charge on any atom is -0.384 e. The summed E-state index contributed by atoms with van der Waals surface area (Å²) in [5, 5.41) is 12.5. The molecule has 4 N–H and O–H groups in total. The van der Waals surface area contributed by atoms with E-state index in [2.05, 4.69) is 55.2 Å². The molecule has 47 heavy (non-hydrogen) atoms. The van der Waals surface area contributed by atoms with Gasteiger partial charge in [-0.15, -0.1) is 0 Å². The minimum atomic E-state index is -0.812. The van der Waals surface area contributed by atoms with Gasteiger partial charge in [-0.2, -0.15) is 0 Å². The van der Waals surface area contributed by atoms with Gasteiger partial charge in [0.15, 0.2) is 0 Å². The summed E-state index contributed by atoms with van der Waals surface area (Å²) in [4.78, 5) is 41.8. The Bertz CT molecular complexity index is 1370. The van der Waals surface area contributed by atoms with E-state index in [-0.39, 0.29) is 35.0 Å². The molecule has 1 aromatic rings. The molecule has 0 spiro atoms. The summed E-state index contributed by atoms with van der Waals surface area (Å²) in [6.45, 7) is 16.5. The first-order valence-corrected chi connectivity index (χ1v) is 17.8. The van der Waals surface area contributed by atoms with Crippen molar-refractivity contribution < 1.29 is 19.1 Å². The highest BCUT2D eigenvalue weighted by Gasteiger charge is 2.49. The Hall–Kier alpha value is -3.39. The number of nitrogens with one attached hydrogen (secondary N) is 4. The number of likely N-dealkylation sites (N-methyl/N-ethyl adjacent to an activating group) is 1. The molecule has 8 heteroatoms. The fraction of sp³-hybridized carbons (Fsp3) is 0.615. The van der Waals surface area contributed by atoms with Crippen molar-refractivity contribution in [3.8, 4) is 0 Å². The molecular formula is C39H56N4O4. The van der Waals surface area contributed by atoms with Gasteiger partial charge in [-0.1, -0.05) is 70.6 Å². The number of rotatable bonds is 14. The highest BCUT2D eigenvalue weighted by molar-refractivity contribution is 6.01. The zero-order chi connectivity index (χ0) is 33.8. The van der Waals surface area contributed by atoms with Gasteiger partial charge >= 0.3 is 0 Å². The van der Waals surface area contributed by atoms with Crippen LogP contribution >= 0.6 is 0 Å². The van der Waals surface area contributed by atoms with Crippen molar-refractivity contribution in [2.24, 2.45) is 35.0 Å². The van der Waals surface area contributed by atoms with E-state index >= 15 is 0 Å². The Balaban J connectivity index is 1.42. The number of carbonyl (C=O) groups is 3. The van der Waals surface area contributed by atoms with Crippen molar-refractivity contribution in [2.45, 2.75) is 90.0 Å². The summed E-state index contributed by atoms with van der Waals surface area (Å²) in [6.07, 6.45) is 12.5. The van der Waals surface area contributed by atoms with Crippen LogP contribution < -0.4 is 21.3 Å². The second-order valence-corrected chi connectivity index (χ2v) is 15.1. The van der Waals surface area contributed by atoms with Crippen LogP contribution in [0.4, 0.5) is 5.69 Å². The zero-order valence-electron chi connectivity index (χ0n) is 29.0.